The van der Waals surface area contributed by atoms with Crippen molar-refractivity contribution in [3.8, 4) is 11.5 Å². The number of aromatic nitrogens is 3. The van der Waals surface area contributed by atoms with Crippen LogP contribution in [0.5, 0.6) is 11.5 Å². The molecule has 0 aliphatic carbocycles. The Hall–Kier alpha value is -3.46. The van der Waals surface area contributed by atoms with Crippen LogP contribution in [-0.2, 0) is 6.54 Å². The Labute approximate surface area is 173 Å². The van der Waals surface area contributed by atoms with Crippen molar-refractivity contribution >= 4 is 17.6 Å². The van der Waals surface area contributed by atoms with Crippen LogP contribution in [0.1, 0.15) is 12.7 Å². The molecule has 9 heteroatoms. The van der Waals surface area contributed by atoms with Gasteiger partial charge in [-0.25, -0.2) is 4.39 Å². The van der Waals surface area contributed by atoms with E-state index in [1.54, 1.807) is 12.1 Å². The number of ether oxygens (including phenoxy) is 2. The van der Waals surface area contributed by atoms with Crippen LogP contribution in [0.4, 0.5) is 22.0 Å². The van der Waals surface area contributed by atoms with E-state index in [0.717, 1.165) is 18.0 Å². The molecule has 4 rings (SSSR count). The predicted octanol–water partition coefficient (Wildman–Crippen LogP) is 3.00. The second-order valence-corrected chi connectivity index (χ2v) is 6.89. The standard InChI is InChI=1S/C21H23FN6O2/c1-2-28(11-16-13-29-17-5-3-4-6-18(17)30-16)12-19-25-20(23)27-21(26-19)24-15-9-7-14(22)8-10-15/h3-10,16H,2,11-13H2,1H3,(H3,23,24,25,26,27). The molecular formula is C21H23FN6O2. The van der Waals surface area contributed by atoms with E-state index in [2.05, 4.69) is 32.1 Å². The smallest absolute Gasteiger partial charge is 0.232 e. The van der Waals surface area contributed by atoms with Crippen LogP contribution in [0.3, 0.4) is 0 Å². The fourth-order valence-corrected chi connectivity index (χ4v) is 3.17. The number of nitrogens with zero attached hydrogens (tertiary/aromatic N) is 4. The van der Waals surface area contributed by atoms with E-state index in [9.17, 15) is 4.39 Å². The van der Waals surface area contributed by atoms with E-state index < -0.39 is 0 Å². The van der Waals surface area contributed by atoms with Crippen molar-refractivity contribution < 1.29 is 13.9 Å². The van der Waals surface area contributed by atoms with Crippen LogP contribution >= 0.6 is 0 Å². The summed E-state index contributed by atoms with van der Waals surface area (Å²) in [5.74, 6) is 2.16. The number of likely N-dealkylation sites (N-methyl/N-ethyl adjacent to an activating group) is 1. The van der Waals surface area contributed by atoms with E-state index in [0.29, 0.717) is 37.2 Å². The Kier molecular flexibility index (Phi) is 5.89. The van der Waals surface area contributed by atoms with E-state index >= 15 is 0 Å². The maximum atomic E-state index is 13.1. The maximum Gasteiger partial charge on any atom is 0.232 e. The number of anilines is 3. The van der Waals surface area contributed by atoms with Gasteiger partial charge in [-0.1, -0.05) is 19.1 Å². The van der Waals surface area contributed by atoms with Gasteiger partial charge in [0.25, 0.3) is 0 Å². The Morgan fingerprint density at radius 1 is 1.10 bits per heavy atom. The molecule has 1 aromatic heterocycles. The van der Waals surface area contributed by atoms with E-state index in [4.69, 9.17) is 15.2 Å². The average molecular weight is 410 g/mol. The Morgan fingerprint density at radius 2 is 1.87 bits per heavy atom. The highest BCUT2D eigenvalue weighted by atomic mass is 19.1. The highest BCUT2D eigenvalue weighted by Gasteiger charge is 2.23. The summed E-state index contributed by atoms with van der Waals surface area (Å²) < 4.78 is 24.9. The number of nitrogens with one attached hydrogen (secondary N) is 1. The largest absolute Gasteiger partial charge is 0.486 e. The molecule has 2 heterocycles. The number of hydrogen-bond donors (Lipinski definition) is 2. The Bertz CT molecular complexity index is 1000. The molecule has 0 amide bonds. The van der Waals surface area contributed by atoms with Crippen LogP contribution in [0.15, 0.2) is 48.5 Å². The Morgan fingerprint density at radius 3 is 2.63 bits per heavy atom. The number of nitrogen functional groups attached to an aromatic ring is 1. The second-order valence-electron chi connectivity index (χ2n) is 6.89. The van der Waals surface area contributed by atoms with Gasteiger partial charge in [0.05, 0.1) is 6.54 Å². The lowest BCUT2D eigenvalue weighted by atomic mass is 10.2. The third-order valence-corrected chi connectivity index (χ3v) is 4.64. The molecule has 0 saturated heterocycles. The minimum atomic E-state index is -0.313. The zero-order chi connectivity index (χ0) is 20.9. The van der Waals surface area contributed by atoms with Gasteiger partial charge in [0.1, 0.15) is 24.4 Å². The van der Waals surface area contributed by atoms with Crippen molar-refractivity contribution in [1.29, 1.82) is 0 Å². The van der Waals surface area contributed by atoms with Crippen molar-refractivity contribution in [2.45, 2.75) is 19.6 Å². The summed E-state index contributed by atoms with van der Waals surface area (Å²) in [6.45, 7) is 4.43. The molecule has 0 saturated carbocycles. The molecule has 0 fully saturated rings. The lowest BCUT2D eigenvalue weighted by Gasteiger charge is -2.30. The molecule has 2 aromatic carbocycles. The molecule has 0 radical (unpaired) electrons. The molecule has 0 bridgehead atoms. The first-order valence-electron chi connectivity index (χ1n) is 9.73. The van der Waals surface area contributed by atoms with Gasteiger partial charge in [-0.2, -0.15) is 15.0 Å². The number of para-hydroxylation sites is 2. The monoisotopic (exact) mass is 410 g/mol. The van der Waals surface area contributed by atoms with Crippen LogP contribution in [0.25, 0.3) is 0 Å². The van der Waals surface area contributed by atoms with Gasteiger partial charge in [-0.05, 0) is 42.9 Å². The highest BCUT2D eigenvalue weighted by molar-refractivity contribution is 5.53. The van der Waals surface area contributed by atoms with Crippen molar-refractivity contribution in [3.05, 3.63) is 60.2 Å². The maximum absolute atomic E-state index is 13.1. The number of fused-ring (bicyclic) bond motifs is 1. The van der Waals surface area contributed by atoms with Crippen molar-refractivity contribution in [2.24, 2.45) is 0 Å². The minimum Gasteiger partial charge on any atom is -0.486 e. The second kappa shape index (κ2) is 8.91. The van der Waals surface area contributed by atoms with Crippen molar-refractivity contribution in [2.75, 3.05) is 30.7 Å². The van der Waals surface area contributed by atoms with Crippen LogP contribution < -0.4 is 20.5 Å². The number of hydrogen-bond acceptors (Lipinski definition) is 8. The summed E-state index contributed by atoms with van der Waals surface area (Å²) in [6, 6.07) is 13.6. The summed E-state index contributed by atoms with van der Waals surface area (Å²) in [4.78, 5) is 15.0. The molecular weight excluding hydrogens is 387 g/mol. The normalized spacial score (nSPS) is 15.2. The van der Waals surface area contributed by atoms with Gasteiger partial charge in [-0.3, -0.25) is 4.90 Å². The molecule has 8 nitrogen and oxygen atoms in total. The summed E-state index contributed by atoms with van der Waals surface area (Å²) >= 11 is 0. The first kappa shape index (κ1) is 19.8. The molecule has 1 atom stereocenters. The summed E-state index contributed by atoms with van der Waals surface area (Å²) in [6.07, 6.45) is -0.101. The fraction of sp³-hybridized carbons (Fsp3) is 0.286. The van der Waals surface area contributed by atoms with Gasteiger partial charge >= 0.3 is 0 Å². The molecule has 0 spiro atoms. The zero-order valence-corrected chi connectivity index (χ0v) is 16.6. The summed E-state index contributed by atoms with van der Waals surface area (Å²) in [5.41, 5.74) is 6.53. The molecule has 1 unspecified atom stereocenters. The van der Waals surface area contributed by atoms with Crippen LogP contribution in [-0.4, -0.2) is 45.7 Å². The molecule has 30 heavy (non-hydrogen) atoms. The Balaban J connectivity index is 1.42. The lowest BCUT2D eigenvalue weighted by molar-refractivity contribution is 0.0573. The van der Waals surface area contributed by atoms with Gasteiger partial charge in [0.15, 0.2) is 11.5 Å². The van der Waals surface area contributed by atoms with E-state index in [1.165, 1.54) is 12.1 Å². The number of benzene rings is 2. The third kappa shape index (κ3) is 4.93. The first-order chi connectivity index (χ1) is 14.6. The molecule has 1 aliphatic rings. The number of rotatable bonds is 7. The topological polar surface area (TPSA) is 98.4 Å². The quantitative estimate of drug-likeness (QED) is 0.613. The zero-order valence-electron chi connectivity index (χ0n) is 16.6. The predicted molar refractivity (Wildman–Crippen MR) is 111 cm³/mol. The van der Waals surface area contributed by atoms with Gasteiger partial charge in [-0.15, -0.1) is 0 Å². The van der Waals surface area contributed by atoms with E-state index in [1.807, 2.05) is 24.3 Å². The van der Waals surface area contributed by atoms with Crippen molar-refractivity contribution in [3.63, 3.8) is 0 Å². The van der Waals surface area contributed by atoms with Gasteiger partial charge < -0.3 is 20.5 Å². The molecule has 1 aliphatic heterocycles. The number of halogens is 1. The number of nitrogens with two attached hydrogens (primary N) is 1. The molecule has 3 aromatic rings. The molecule has 156 valence electrons. The average Bonchev–Trinajstić information content (AvgIpc) is 2.74. The summed E-state index contributed by atoms with van der Waals surface area (Å²) in [7, 11) is 0. The third-order valence-electron chi connectivity index (χ3n) is 4.64. The van der Waals surface area contributed by atoms with E-state index in [-0.39, 0.29) is 17.9 Å². The highest BCUT2D eigenvalue weighted by Crippen LogP contribution is 2.31. The summed E-state index contributed by atoms with van der Waals surface area (Å²) in [5, 5.41) is 3.02. The van der Waals surface area contributed by atoms with Gasteiger partial charge in [0.2, 0.25) is 11.9 Å². The van der Waals surface area contributed by atoms with Crippen LogP contribution in [0, 0.1) is 5.82 Å². The minimum absolute atomic E-state index is 0.101. The lowest BCUT2D eigenvalue weighted by Crippen LogP contribution is -2.41. The molecule has 3 N–H and O–H groups in total. The van der Waals surface area contributed by atoms with Crippen molar-refractivity contribution in [1.82, 2.24) is 19.9 Å². The first-order valence-corrected chi connectivity index (χ1v) is 9.73. The van der Waals surface area contributed by atoms with Gasteiger partial charge in [0, 0.05) is 12.2 Å². The fourth-order valence-electron chi connectivity index (χ4n) is 3.17. The SMILES string of the molecule is CCN(Cc1nc(N)nc(Nc2ccc(F)cc2)n1)CC1COc2ccccc2O1. The van der Waals surface area contributed by atoms with Crippen LogP contribution in [0.2, 0.25) is 0 Å².